The predicted molar refractivity (Wildman–Crippen MR) is 64.2 cm³/mol. The number of halogens is 1. The van der Waals surface area contributed by atoms with Crippen molar-refractivity contribution < 1.29 is 9.18 Å². The van der Waals surface area contributed by atoms with Gasteiger partial charge in [-0.05, 0) is 30.5 Å². The van der Waals surface area contributed by atoms with E-state index in [4.69, 9.17) is 0 Å². The van der Waals surface area contributed by atoms with E-state index in [0.29, 0.717) is 24.1 Å². The Kier molecular flexibility index (Phi) is 3.43. The fraction of sp³-hybridized carbons (Fsp3) is 0.462. The molecule has 1 heterocycles. The van der Waals surface area contributed by atoms with E-state index in [2.05, 4.69) is 10.6 Å². The van der Waals surface area contributed by atoms with Crippen LogP contribution in [0.25, 0.3) is 0 Å². The molecule has 3 nitrogen and oxygen atoms in total. The highest BCUT2D eigenvalue weighted by Crippen LogP contribution is 2.23. The largest absolute Gasteiger partial charge is 0.355 e. The smallest absolute Gasteiger partial charge is 0.221 e. The van der Waals surface area contributed by atoms with Crippen LogP contribution in [0.5, 0.6) is 0 Å². The zero-order valence-corrected chi connectivity index (χ0v) is 10.1. The Morgan fingerprint density at radius 1 is 1.24 bits per heavy atom. The van der Waals surface area contributed by atoms with E-state index in [1.807, 2.05) is 12.1 Å². The van der Waals surface area contributed by atoms with Crippen LogP contribution in [0.15, 0.2) is 12.1 Å². The summed E-state index contributed by atoms with van der Waals surface area (Å²) in [5, 5.41) is 6.11. The molecule has 0 radical (unpaired) electrons. The van der Waals surface area contributed by atoms with Crippen molar-refractivity contribution in [1.82, 2.24) is 10.6 Å². The molecule has 1 aromatic carbocycles. The Labute approximate surface area is 100 Å². The summed E-state index contributed by atoms with van der Waals surface area (Å²) in [7, 11) is 0. The van der Waals surface area contributed by atoms with Crippen molar-refractivity contribution in [3.8, 4) is 0 Å². The van der Waals surface area contributed by atoms with Crippen LogP contribution in [0, 0.1) is 19.7 Å². The van der Waals surface area contributed by atoms with Gasteiger partial charge in [0.05, 0.1) is 0 Å². The highest BCUT2D eigenvalue weighted by Gasteiger charge is 2.19. The molecular formula is C13H17FN2O. The number of nitrogens with one attached hydrogen (secondary N) is 2. The number of aryl methyl sites for hydroxylation is 2. The molecule has 0 aromatic heterocycles. The first kappa shape index (κ1) is 12.0. The molecule has 1 amide bonds. The monoisotopic (exact) mass is 236 g/mol. The van der Waals surface area contributed by atoms with Crippen molar-refractivity contribution >= 4 is 5.91 Å². The van der Waals surface area contributed by atoms with E-state index in [1.165, 1.54) is 0 Å². The predicted octanol–water partition coefficient (Wildman–Crippen LogP) is 1.59. The van der Waals surface area contributed by atoms with Gasteiger partial charge >= 0.3 is 0 Å². The normalized spacial score (nSPS) is 20.9. The molecule has 0 bridgehead atoms. The van der Waals surface area contributed by atoms with Crippen LogP contribution in [0.4, 0.5) is 4.39 Å². The molecular weight excluding hydrogens is 219 g/mol. The van der Waals surface area contributed by atoms with Crippen LogP contribution < -0.4 is 10.6 Å². The number of benzene rings is 1. The first-order chi connectivity index (χ1) is 8.08. The van der Waals surface area contributed by atoms with Gasteiger partial charge in [0.1, 0.15) is 5.82 Å². The standard InChI is InChI=1S/C13H17FN2O/c1-8-5-10(6-9(2)13(8)14)11-7-12(17)16-4-3-15-11/h5-6,11,15H,3-4,7H2,1-2H3,(H,16,17). The summed E-state index contributed by atoms with van der Waals surface area (Å²) in [6.07, 6.45) is 0.407. The lowest BCUT2D eigenvalue weighted by Crippen LogP contribution is -2.24. The quantitative estimate of drug-likeness (QED) is 0.777. The topological polar surface area (TPSA) is 41.1 Å². The minimum atomic E-state index is -0.160. The third-order valence-corrected chi connectivity index (χ3v) is 3.09. The van der Waals surface area contributed by atoms with E-state index in [0.717, 1.165) is 12.1 Å². The lowest BCUT2D eigenvalue weighted by Gasteiger charge is -2.16. The highest BCUT2D eigenvalue weighted by molar-refractivity contribution is 5.77. The third kappa shape index (κ3) is 2.64. The molecule has 1 fully saturated rings. The van der Waals surface area contributed by atoms with Crippen LogP contribution in [0.2, 0.25) is 0 Å². The molecule has 1 aromatic rings. The zero-order valence-electron chi connectivity index (χ0n) is 10.1. The minimum Gasteiger partial charge on any atom is -0.355 e. The third-order valence-electron chi connectivity index (χ3n) is 3.09. The summed E-state index contributed by atoms with van der Waals surface area (Å²) < 4.78 is 13.5. The second-order valence-corrected chi connectivity index (χ2v) is 4.53. The maximum Gasteiger partial charge on any atom is 0.221 e. The summed E-state index contributed by atoms with van der Waals surface area (Å²) in [5.41, 5.74) is 2.25. The molecule has 17 heavy (non-hydrogen) atoms. The Morgan fingerprint density at radius 3 is 2.53 bits per heavy atom. The fourth-order valence-corrected chi connectivity index (χ4v) is 2.19. The van der Waals surface area contributed by atoms with Crippen LogP contribution >= 0.6 is 0 Å². The molecule has 1 aliphatic heterocycles. The Morgan fingerprint density at radius 2 is 1.88 bits per heavy atom. The maximum atomic E-state index is 13.5. The Hall–Kier alpha value is -1.42. The molecule has 1 aliphatic rings. The number of hydrogen-bond donors (Lipinski definition) is 2. The second-order valence-electron chi connectivity index (χ2n) is 4.53. The van der Waals surface area contributed by atoms with Gasteiger partial charge in [0.15, 0.2) is 0 Å². The average Bonchev–Trinajstić information content (AvgIpc) is 2.50. The van der Waals surface area contributed by atoms with Crippen LogP contribution in [0.3, 0.4) is 0 Å². The van der Waals surface area contributed by atoms with E-state index >= 15 is 0 Å². The Balaban J connectivity index is 2.29. The first-order valence-electron chi connectivity index (χ1n) is 5.84. The minimum absolute atomic E-state index is 0.0181. The van der Waals surface area contributed by atoms with E-state index in [1.54, 1.807) is 13.8 Å². The maximum absolute atomic E-state index is 13.5. The van der Waals surface area contributed by atoms with Crippen LogP contribution in [0.1, 0.15) is 29.2 Å². The summed E-state index contributed by atoms with van der Waals surface area (Å²) in [6, 6.07) is 3.62. The van der Waals surface area contributed by atoms with Gasteiger partial charge in [-0.2, -0.15) is 0 Å². The van der Waals surface area contributed by atoms with Crippen molar-refractivity contribution in [2.75, 3.05) is 13.1 Å². The van der Waals surface area contributed by atoms with E-state index in [-0.39, 0.29) is 17.8 Å². The molecule has 2 rings (SSSR count). The van der Waals surface area contributed by atoms with Crippen molar-refractivity contribution in [1.29, 1.82) is 0 Å². The highest BCUT2D eigenvalue weighted by atomic mass is 19.1. The van der Waals surface area contributed by atoms with Crippen molar-refractivity contribution in [3.05, 3.63) is 34.6 Å². The lowest BCUT2D eigenvalue weighted by atomic mass is 9.98. The van der Waals surface area contributed by atoms with Gasteiger partial charge in [-0.15, -0.1) is 0 Å². The van der Waals surface area contributed by atoms with Crippen LogP contribution in [-0.2, 0) is 4.79 Å². The van der Waals surface area contributed by atoms with Crippen LogP contribution in [-0.4, -0.2) is 19.0 Å². The van der Waals surface area contributed by atoms with E-state index in [9.17, 15) is 9.18 Å². The van der Waals surface area contributed by atoms with Crippen molar-refractivity contribution in [2.24, 2.45) is 0 Å². The SMILES string of the molecule is Cc1cc(C2CC(=O)NCCN2)cc(C)c1F. The summed E-state index contributed by atoms with van der Waals surface area (Å²) in [4.78, 5) is 11.5. The number of amides is 1. The summed E-state index contributed by atoms with van der Waals surface area (Å²) in [5.74, 6) is -0.119. The van der Waals surface area contributed by atoms with Gasteiger partial charge in [-0.25, -0.2) is 4.39 Å². The average molecular weight is 236 g/mol. The Bertz CT molecular complexity index is 422. The van der Waals surface area contributed by atoms with Gasteiger partial charge in [-0.3, -0.25) is 4.79 Å². The summed E-state index contributed by atoms with van der Waals surface area (Å²) >= 11 is 0. The molecule has 92 valence electrons. The number of rotatable bonds is 1. The number of carbonyl (C=O) groups is 1. The van der Waals surface area contributed by atoms with E-state index < -0.39 is 0 Å². The van der Waals surface area contributed by atoms with Gasteiger partial charge < -0.3 is 10.6 Å². The van der Waals surface area contributed by atoms with Crippen molar-refractivity contribution in [3.63, 3.8) is 0 Å². The molecule has 1 atom stereocenters. The number of hydrogen-bond acceptors (Lipinski definition) is 2. The van der Waals surface area contributed by atoms with Gasteiger partial charge in [0, 0.05) is 25.6 Å². The fourth-order valence-electron chi connectivity index (χ4n) is 2.19. The molecule has 1 saturated heterocycles. The molecule has 2 N–H and O–H groups in total. The molecule has 0 spiro atoms. The van der Waals surface area contributed by atoms with Gasteiger partial charge in [0.2, 0.25) is 5.91 Å². The first-order valence-corrected chi connectivity index (χ1v) is 5.84. The zero-order chi connectivity index (χ0) is 12.4. The summed E-state index contributed by atoms with van der Waals surface area (Å²) in [6.45, 7) is 4.89. The number of carbonyl (C=O) groups excluding carboxylic acids is 1. The second kappa shape index (κ2) is 4.84. The molecule has 0 saturated carbocycles. The molecule has 0 aliphatic carbocycles. The molecule has 4 heteroatoms. The van der Waals surface area contributed by atoms with Gasteiger partial charge in [-0.1, -0.05) is 12.1 Å². The lowest BCUT2D eigenvalue weighted by molar-refractivity contribution is -0.121. The van der Waals surface area contributed by atoms with Crippen molar-refractivity contribution in [2.45, 2.75) is 26.3 Å². The molecule has 1 unspecified atom stereocenters. The van der Waals surface area contributed by atoms with Gasteiger partial charge in [0.25, 0.3) is 0 Å².